The molecule has 2 aromatic rings. The number of fused-ring (bicyclic) bond motifs is 1. The van der Waals surface area contributed by atoms with Crippen molar-refractivity contribution >= 4 is 40.3 Å². The van der Waals surface area contributed by atoms with Crippen LogP contribution in [0.4, 0.5) is 5.69 Å². The van der Waals surface area contributed by atoms with E-state index in [9.17, 15) is 9.59 Å². The Kier molecular flexibility index (Phi) is 3.80. The number of carbonyl (C=O) groups excluding carboxylic acids is 2. The Bertz CT molecular complexity index is 713. The van der Waals surface area contributed by atoms with E-state index in [0.717, 1.165) is 20.7 Å². The normalized spacial score (nSPS) is 15.4. The Morgan fingerprint density at radius 1 is 1.19 bits per heavy atom. The number of nitrogens with one attached hydrogen (secondary N) is 1. The first-order valence-electron chi connectivity index (χ1n) is 6.57. The fraction of sp³-hybridized carbons (Fsp3) is 0.200. The molecule has 1 aliphatic rings. The molecule has 1 aromatic heterocycles. The highest BCUT2D eigenvalue weighted by Crippen LogP contribution is 2.27. The van der Waals surface area contributed by atoms with Crippen molar-refractivity contribution in [3.05, 3.63) is 51.2 Å². The number of carbonyl (C=O) groups is 2. The van der Waals surface area contributed by atoms with Crippen molar-refractivity contribution in [2.75, 3.05) is 18.6 Å². The van der Waals surface area contributed by atoms with E-state index in [-0.39, 0.29) is 0 Å². The molecule has 1 unspecified atom stereocenters. The van der Waals surface area contributed by atoms with Crippen molar-refractivity contribution in [2.45, 2.75) is 6.54 Å². The van der Waals surface area contributed by atoms with Crippen molar-refractivity contribution in [3.8, 4) is 0 Å². The lowest BCUT2D eigenvalue weighted by Crippen LogP contribution is -3.09. The average Bonchev–Trinajstić information content (AvgIpc) is 2.97. The van der Waals surface area contributed by atoms with Gasteiger partial charge in [0.1, 0.15) is 6.54 Å². The lowest BCUT2D eigenvalue weighted by atomic mass is 10.1. The summed E-state index contributed by atoms with van der Waals surface area (Å²) in [7, 11) is 1.99. The quantitative estimate of drug-likeness (QED) is 0.869. The molecule has 4 nitrogen and oxygen atoms in total. The van der Waals surface area contributed by atoms with Crippen LogP contribution < -0.4 is 9.80 Å². The van der Waals surface area contributed by atoms with Crippen molar-refractivity contribution in [3.63, 3.8) is 0 Å². The molecule has 0 radical (unpaired) electrons. The summed E-state index contributed by atoms with van der Waals surface area (Å²) in [6.45, 7) is 1.22. The number of anilines is 1. The number of benzene rings is 1. The lowest BCUT2D eigenvalue weighted by molar-refractivity contribution is -0.892. The third-order valence-electron chi connectivity index (χ3n) is 3.41. The van der Waals surface area contributed by atoms with E-state index in [1.165, 1.54) is 11.3 Å². The van der Waals surface area contributed by atoms with Crippen molar-refractivity contribution in [2.24, 2.45) is 0 Å². The fourth-order valence-electron chi connectivity index (χ4n) is 2.48. The zero-order valence-electron chi connectivity index (χ0n) is 11.4. The highest BCUT2D eigenvalue weighted by atomic mass is 35.5. The van der Waals surface area contributed by atoms with Crippen LogP contribution in [0.1, 0.15) is 15.2 Å². The standard InChI is InChI=1S/C15H13ClN2O2S/c1-17(8-10-6-7-13(16)21-10)9-18-12-5-3-2-4-11(12)14(19)15(18)20/h2-7H,8-9H2,1H3/p+1. The minimum atomic E-state index is -0.445. The number of hydrogen-bond donors (Lipinski definition) is 1. The Hall–Kier alpha value is -1.69. The third-order valence-corrected chi connectivity index (χ3v) is 4.64. The van der Waals surface area contributed by atoms with Gasteiger partial charge in [-0.1, -0.05) is 23.7 Å². The van der Waals surface area contributed by atoms with Crippen LogP contribution in [0.2, 0.25) is 4.34 Å². The van der Waals surface area contributed by atoms with Gasteiger partial charge in [0.05, 0.1) is 27.5 Å². The summed E-state index contributed by atoms with van der Waals surface area (Å²) < 4.78 is 0.760. The summed E-state index contributed by atoms with van der Waals surface area (Å²) in [5.74, 6) is -0.864. The van der Waals surface area contributed by atoms with Crippen LogP contribution in [0.3, 0.4) is 0 Å². The maximum atomic E-state index is 12.1. The highest BCUT2D eigenvalue weighted by molar-refractivity contribution is 7.16. The van der Waals surface area contributed by atoms with E-state index in [2.05, 4.69) is 0 Å². The number of amides is 1. The molecule has 108 valence electrons. The smallest absolute Gasteiger partial charge is 0.303 e. The molecule has 2 heterocycles. The van der Waals surface area contributed by atoms with Gasteiger partial charge in [0.25, 0.3) is 5.78 Å². The second-order valence-electron chi connectivity index (χ2n) is 5.08. The third kappa shape index (κ3) is 2.72. The maximum Gasteiger partial charge on any atom is 0.303 e. The highest BCUT2D eigenvalue weighted by Gasteiger charge is 2.36. The fourth-order valence-corrected chi connectivity index (χ4v) is 3.68. The Balaban J connectivity index is 1.75. The molecule has 0 fully saturated rings. The number of halogens is 1. The summed E-state index contributed by atoms with van der Waals surface area (Å²) in [5, 5.41) is 0. The predicted molar refractivity (Wildman–Crippen MR) is 83.0 cm³/mol. The van der Waals surface area contributed by atoms with Gasteiger partial charge in [0, 0.05) is 0 Å². The number of thiophene rings is 1. The topological polar surface area (TPSA) is 41.8 Å². The van der Waals surface area contributed by atoms with E-state index in [1.807, 2.05) is 31.3 Å². The molecular formula is C15H14ClN2O2S+. The van der Waals surface area contributed by atoms with Gasteiger partial charge in [-0.2, -0.15) is 0 Å². The van der Waals surface area contributed by atoms with Crippen LogP contribution in [-0.2, 0) is 11.3 Å². The molecule has 1 atom stereocenters. The molecule has 0 aliphatic carbocycles. The average molecular weight is 322 g/mol. The van der Waals surface area contributed by atoms with Crippen molar-refractivity contribution < 1.29 is 14.5 Å². The first kappa shape index (κ1) is 14.3. The van der Waals surface area contributed by atoms with Gasteiger partial charge in [0.2, 0.25) is 0 Å². The number of ketones is 1. The number of Topliss-reactive ketones (excluding diaryl/α,β-unsaturated/α-hetero) is 1. The molecule has 1 aliphatic heterocycles. The van der Waals surface area contributed by atoms with Crippen molar-refractivity contribution in [1.82, 2.24) is 0 Å². The maximum absolute atomic E-state index is 12.1. The van der Waals surface area contributed by atoms with Crippen LogP contribution >= 0.6 is 22.9 Å². The Morgan fingerprint density at radius 3 is 2.67 bits per heavy atom. The number of hydrogen-bond acceptors (Lipinski definition) is 3. The van der Waals surface area contributed by atoms with Gasteiger partial charge in [-0.05, 0) is 24.3 Å². The summed E-state index contributed by atoms with van der Waals surface area (Å²) in [6, 6.07) is 11.0. The van der Waals surface area contributed by atoms with Crippen LogP contribution in [0.25, 0.3) is 0 Å². The predicted octanol–water partition coefficient (Wildman–Crippen LogP) is 1.60. The molecule has 6 heteroatoms. The molecule has 0 saturated heterocycles. The zero-order chi connectivity index (χ0) is 15.0. The van der Waals surface area contributed by atoms with Gasteiger partial charge in [-0.3, -0.25) is 14.5 Å². The van der Waals surface area contributed by atoms with Gasteiger partial charge in [0.15, 0.2) is 6.67 Å². The lowest BCUT2D eigenvalue weighted by Gasteiger charge is -2.21. The zero-order valence-corrected chi connectivity index (χ0v) is 13.0. The van der Waals surface area contributed by atoms with Gasteiger partial charge < -0.3 is 4.90 Å². The minimum absolute atomic E-state index is 0.419. The molecule has 1 amide bonds. The molecule has 1 N–H and O–H groups in total. The van der Waals surface area contributed by atoms with Crippen LogP contribution in [-0.4, -0.2) is 25.4 Å². The van der Waals surface area contributed by atoms with Crippen molar-refractivity contribution in [1.29, 1.82) is 0 Å². The number of nitrogens with zero attached hydrogens (tertiary/aromatic N) is 1. The van der Waals surface area contributed by atoms with E-state index in [4.69, 9.17) is 11.6 Å². The second-order valence-corrected chi connectivity index (χ2v) is 6.88. The molecule has 3 rings (SSSR count). The monoisotopic (exact) mass is 321 g/mol. The Labute approximate surface area is 131 Å². The van der Waals surface area contributed by atoms with Gasteiger partial charge >= 0.3 is 5.91 Å². The number of rotatable bonds is 4. The molecule has 0 saturated carbocycles. The molecule has 1 aromatic carbocycles. The summed E-state index contributed by atoms with van der Waals surface area (Å²) in [5.41, 5.74) is 1.20. The second kappa shape index (κ2) is 5.60. The van der Waals surface area contributed by atoms with E-state index in [1.54, 1.807) is 17.0 Å². The molecular weight excluding hydrogens is 308 g/mol. The summed E-state index contributed by atoms with van der Waals surface area (Å²) in [4.78, 5) is 27.9. The van der Waals surface area contributed by atoms with E-state index < -0.39 is 11.7 Å². The number of quaternary nitrogens is 1. The largest absolute Gasteiger partial charge is 0.315 e. The first-order chi connectivity index (χ1) is 10.1. The van der Waals surface area contributed by atoms with Crippen LogP contribution in [0, 0.1) is 0 Å². The summed E-state index contributed by atoms with van der Waals surface area (Å²) in [6.07, 6.45) is 0. The SMILES string of the molecule is C[NH+](Cc1ccc(Cl)s1)CN1C(=O)C(=O)c2ccccc21. The van der Waals surface area contributed by atoms with E-state index >= 15 is 0 Å². The van der Waals surface area contributed by atoms with E-state index in [0.29, 0.717) is 17.9 Å². The molecule has 0 spiro atoms. The van der Waals surface area contributed by atoms with Crippen LogP contribution in [0.15, 0.2) is 36.4 Å². The van der Waals surface area contributed by atoms with Crippen LogP contribution in [0.5, 0.6) is 0 Å². The first-order valence-corrected chi connectivity index (χ1v) is 7.76. The Morgan fingerprint density at radius 2 is 1.95 bits per heavy atom. The number of para-hydroxylation sites is 1. The van der Waals surface area contributed by atoms with Gasteiger partial charge in [-0.15, -0.1) is 11.3 Å². The molecule has 21 heavy (non-hydrogen) atoms. The minimum Gasteiger partial charge on any atom is -0.315 e. The summed E-state index contributed by atoms with van der Waals surface area (Å²) >= 11 is 7.46. The molecule has 0 bridgehead atoms. The van der Waals surface area contributed by atoms with Gasteiger partial charge in [-0.25, -0.2) is 0 Å².